The lowest BCUT2D eigenvalue weighted by molar-refractivity contribution is 0.401. The van der Waals surface area contributed by atoms with Crippen LogP contribution in [0.3, 0.4) is 0 Å². The molecule has 4 rings (SSSR count). The summed E-state index contributed by atoms with van der Waals surface area (Å²) >= 11 is 0. The zero-order valence-electron chi connectivity index (χ0n) is 15.8. The van der Waals surface area contributed by atoms with Crippen molar-refractivity contribution in [3.8, 4) is 16.9 Å². The van der Waals surface area contributed by atoms with Crippen molar-refractivity contribution in [2.45, 2.75) is 30.6 Å². The first-order valence-corrected chi connectivity index (χ1v) is 10.9. The molecule has 0 atom stereocenters. The van der Waals surface area contributed by atoms with Crippen LogP contribution >= 0.6 is 0 Å². The van der Waals surface area contributed by atoms with Gasteiger partial charge in [-0.05, 0) is 60.6 Å². The Labute approximate surface area is 166 Å². The van der Waals surface area contributed by atoms with Crippen LogP contribution in [0, 0.1) is 0 Å². The Morgan fingerprint density at radius 1 is 0.857 bits per heavy atom. The van der Waals surface area contributed by atoms with E-state index in [0.29, 0.717) is 11.4 Å². The first kappa shape index (κ1) is 18.6. The van der Waals surface area contributed by atoms with Crippen LogP contribution in [-0.2, 0) is 22.9 Å². The van der Waals surface area contributed by atoms with Crippen molar-refractivity contribution in [3.63, 3.8) is 0 Å². The summed E-state index contributed by atoms with van der Waals surface area (Å²) in [5, 5.41) is 0. The Morgan fingerprint density at radius 3 is 2.21 bits per heavy atom. The van der Waals surface area contributed by atoms with Gasteiger partial charge in [0.05, 0.1) is 12.8 Å². The molecule has 0 saturated heterocycles. The lowest BCUT2D eigenvalue weighted by Crippen LogP contribution is -2.16. The van der Waals surface area contributed by atoms with E-state index in [1.807, 2.05) is 54.6 Å². The molecule has 1 N–H and O–H groups in total. The van der Waals surface area contributed by atoms with Gasteiger partial charge in [-0.25, -0.2) is 8.42 Å². The number of ether oxygens (including phenoxy) is 1. The summed E-state index contributed by atoms with van der Waals surface area (Å²) in [5.41, 5.74) is 4.63. The molecule has 0 unspecified atom stereocenters. The van der Waals surface area contributed by atoms with Crippen LogP contribution in [0.15, 0.2) is 71.6 Å². The second-order valence-corrected chi connectivity index (χ2v) is 8.65. The molecule has 3 aromatic carbocycles. The fourth-order valence-corrected chi connectivity index (χ4v) is 5.03. The quantitative estimate of drug-likeness (QED) is 0.660. The van der Waals surface area contributed by atoms with Gasteiger partial charge in [0.1, 0.15) is 10.6 Å². The van der Waals surface area contributed by atoms with Crippen LogP contribution in [-0.4, -0.2) is 15.5 Å². The van der Waals surface area contributed by atoms with Crippen LogP contribution in [0.4, 0.5) is 5.69 Å². The Balaban J connectivity index is 1.75. The highest BCUT2D eigenvalue weighted by Gasteiger charge is 2.24. The van der Waals surface area contributed by atoms with E-state index in [2.05, 4.69) is 4.72 Å². The number of nitrogens with one attached hydrogen (secondary N) is 1. The van der Waals surface area contributed by atoms with Gasteiger partial charge in [0.15, 0.2) is 0 Å². The fraction of sp³-hybridized carbons (Fsp3) is 0.217. The van der Waals surface area contributed by atoms with E-state index in [1.165, 1.54) is 12.7 Å². The Bertz CT molecular complexity index is 1090. The van der Waals surface area contributed by atoms with E-state index in [4.69, 9.17) is 4.74 Å². The number of aryl methyl sites for hydroxylation is 2. The van der Waals surface area contributed by atoms with Crippen molar-refractivity contribution < 1.29 is 13.2 Å². The van der Waals surface area contributed by atoms with E-state index < -0.39 is 10.0 Å². The fourth-order valence-electron chi connectivity index (χ4n) is 3.75. The predicted octanol–water partition coefficient (Wildman–Crippen LogP) is 5.04. The summed E-state index contributed by atoms with van der Waals surface area (Å²) in [5.74, 6) is 0.394. The van der Waals surface area contributed by atoms with Gasteiger partial charge in [-0.3, -0.25) is 4.72 Å². The summed E-state index contributed by atoms with van der Waals surface area (Å²) in [4.78, 5) is 0.193. The molecule has 0 heterocycles. The number of hydrogen-bond donors (Lipinski definition) is 1. The number of methoxy groups -OCH3 is 1. The molecule has 0 bridgehead atoms. The highest BCUT2D eigenvalue weighted by molar-refractivity contribution is 7.92. The van der Waals surface area contributed by atoms with E-state index in [9.17, 15) is 8.42 Å². The normalized spacial score (nSPS) is 13.6. The Hall–Kier alpha value is -2.79. The molecule has 0 aliphatic heterocycles. The minimum Gasteiger partial charge on any atom is -0.495 e. The summed E-state index contributed by atoms with van der Waals surface area (Å²) < 4.78 is 34.7. The lowest BCUT2D eigenvalue weighted by Gasteiger charge is -2.20. The molecule has 28 heavy (non-hydrogen) atoms. The highest BCUT2D eigenvalue weighted by Crippen LogP contribution is 2.35. The lowest BCUT2D eigenvalue weighted by atomic mass is 9.92. The first-order valence-electron chi connectivity index (χ1n) is 9.45. The molecule has 0 radical (unpaired) electrons. The van der Waals surface area contributed by atoms with Crippen molar-refractivity contribution in [2.75, 3.05) is 11.8 Å². The van der Waals surface area contributed by atoms with Crippen LogP contribution in [0.5, 0.6) is 5.75 Å². The van der Waals surface area contributed by atoms with Crippen molar-refractivity contribution in [3.05, 3.63) is 77.9 Å². The molecule has 4 nitrogen and oxygen atoms in total. The van der Waals surface area contributed by atoms with Gasteiger partial charge in [-0.2, -0.15) is 0 Å². The predicted molar refractivity (Wildman–Crippen MR) is 112 cm³/mol. The van der Waals surface area contributed by atoms with E-state index in [0.717, 1.165) is 42.4 Å². The molecule has 144 valence electrons. The van der Waals surface area contributed by atoms with Gasteiger partial charge in [0.25, 0.3) is 10.0 Å². The molecule has 0 spiro atoms. The second kappa shape index (κ2) is 7.68. The number of hydrogen-bond acceptors (Lipinski definition) is 3. The molecule has 1 aliphatic rings. The minimum absolute atomic E-state index is 0.193. The molecule has 1 aliphatic carbocycles. The van der Waals surface area contributed by atoms with E-state index >= 15 is 0 Å². The van der Waals surface area contributed by atoms with Gasteiger partial charge in [-0.1, -0.05) is 48.5 Å². The zero-order chi connectivity index (χ0) is 19.6. The van der Waals surface area contributed by atoms with Crippen LogP contribution in [0.25, 0.3) is 11.1 Å². The maximum Gasteiger partial charge on any atom is 0.265 e. The smallest absolute Gasteiger partial charge is 0.265 e. The number of benzene rings is 3. The van der Waals surface area contributed by atoms with Crippen LogP contribution < -0.4 is 9.46 Å². The average molecular weight is 394 g/mol. The first-order chi connectivity index (χ1) is 13.6. The molecule has 5 heteroatoms. The number of anilines is 1. The van der Waals surface area contributed by atoms with Crippen LogP contribution in [0.2, 0.25) is 0 Å². The van der Waals surface area contributed by atoms with Gasteiger partial charge in [0, 0.05) is 5.56 Å². The standard InChI is InChI=1S/C23H23NO3S/c1-27-22-15-18-11-5-6-12-19(18)16-23(22)28(25,26)24-21-14-8-7-13-20(21)17-9-3-2-4-10-17/h2-4,7-10,13-16,24H,5-6,11-12H2,1H3. The Morgan fingerprint density at radius 2 is 1.50 bits per heavy atom. The zero-order valence-corrected chi connectivity index (χ0v) is 16.6. The molecule has 0 aromatic heterocycles. The SMILES string of the molecule is COc1cc2c(cc1S(=O)(=O)Nc1ccccc1-c1ccccc1)CCCC2. The molecule has 0 saturated carbocycles. The summed E-state index contributed by atoms with van der Waals surface area (Å²) in [6.45, 7) is 0. The van der Waals surface area contributed by atoms with Gasteiger partial charge < -0.3 is 4.74 Å². The maximum atomic E-state index is 13.3. The number of para-hydroxylation sites is 1. The van der Waals surface area contributed by atoms with Crippen molar-refractivity contribution in [1.29, 1.82) is 0 Å². The maximum absolute atomic E-state index is 13.3. The van der Waals surface area contributed by atoms with Gasteiger partial charge >= 0.3 is 0 Å². The number of sulfonamides is 1. The van der Waals surface area contributed by atoms with Crippen molar-refractivity contribution in [1.82, 2.24) is 0 Å². The van der Waals surface area contributed by atoms with E-state index in [1.54, 1.807) is 12.1 Å². The largest absolute Gasteiger partial charge is 0.495 e. The highest BCUT2D eigenvalue weighted by atomic mass is 32.2. The molecule has 3 aromatic rings. The molecule has 0 fully saturated rings. The minimum atomic E-state index is -3.80. The monoisotopic (exact) mass is 393 g/mol. The molecular weight excluding hydrogens is 370 g/mol. The van der Waals surface area contributed by atoms with Crippen molar-refractivity contribution in [2.24, 2.45) is 0 Å². The Kier molecular flexibility index (Phi) is 5.09. The van der Waals surface area contributed by atoms with Gasteiger partial charge in [-0.15, -0.1) is 0 Å². The second-order valence-electron chi connectivity index (χ2n) is 7.00. The molecular formula is C23H23NO3S. The number of rotatable bonds is 5. The van der Waals surface area contributed by atoms with Gasteiger partial charge in [0.2, 0.25) is 0 Å². The topological polar surface area (TPSA) is 55.4 Å². The summed E-state index contributed by atoms with van der Waals surface area (Å²) in [7, 11) is -2.28. The molecule has 0 amide bonds. The summed E-state index contributed by atoms with van der Waals surface area (Å²) in [6, 6.07) is 20.8. The third kappa shape index (κ3) is 3.62. The van der Waals surface area contributed by atoms with E-state index in [-0.39, 0.29) is 4.90 Å². The number of fused-ring (bicyclic) bond motifs is 1. The average Bonchev–Trinajstić information content (AvgIpc) is 2.73. The van der Waals surface area contributed by atoms with Crippen LogP contribution in [0.1, 0.15) is 24.0 Å². The third-order valence-corrected chi connectivity index (χ3v) is 6.56. The van der Waals surface area contributed by atoms with Crippen molar-refractivity contribution >= 4 is 15.7 Å². The summed E-state index contributed by atoms with van der Waals surface area (Å²) in [6.07, 6.45) is 4.09. The third-order valence-electron chi connectivity index (χ3n) is 5.17.